The lowest BCUT2D eigenvalue weighted by Crippen LogP contribution is -2.44. The zero-order chi connectivity index (χ0) is 14.7. The normalized spacial score (nSPS) is 22.0. The Hall–Kier alpha value is -1.75. The van der Waals surface area contributed by atoms with Gasteiger partial charge in [0.1, 0.15) is 5.75 Å². The number of nitrogens with one attached hydrogen (secondary N) is 1. The van der Waals surface area contributed by atoms with E-state index in [-0.39, 0.29) is 6.03 Å². The molecular formula is C16H22N2O3. The first-order valence-electron chi connectivity index (χ1n) is 7.68. The first kappa shape index (κ1) is 14.2. The number of ether oxygens (including phenoxy) is 1. The van der Waals surface area contributed by atoms with Gasteiger partial charge in [-0.25, -0.2) is 4.79 Å². The molecule has 2 fully saturated rings. The SMILES string of the molecule is O=C(Nc1ccccc1OCC1CC1)N1CCCC(O)C1. The van der Waals surface area contributed by atoms with E-state index in [1.54, 1.807) is 4.90 Å². The van der Waals surface area contributed by atoms with Crippen molar-refractivity contribution in [2.24, 2.45) is 5.92 Å². The Morgan fingerprint density at radius 3 is 2.90 bits per heavy atom. The van der Waals surface area contributed by atoms with E-state index in [0.29, 0.717) is 24.7 Å². The lowest BCUT2D eigenvalue weighted by molar-refractivity contribution is 0.0883. The van der Waals surface area contributed by atoms with E-state index in [2.05, 4.69) is 5.32 Å². The number of nitrogens with zero attached hydrogens (tertiary/aromatic N) is 1. The first-order chi connectivity index (χ1) is 10.2. The van der Waals surface area contributed by atoms with Crippen LogP contribution in [0.2, 0.25) is 0 Å². The number of piperidine rings is 1. The summed E-state index contributed by atoms with van der Waals surface area (Å²) in [6.07, 6.45) is 3.67. The third-order valence-electron chi connectivity index (χ3n) is 3.98. The van der Waals surface area contributed by atoms with Crippen LogP contribution in [0.5, 0.6) is 5.75 Å². The van der Waals surface area contributed by atoms with Gasteiger partial charge in [0.25, 0.3) is 0 Å². The number of β-amino-alcohol motifs (C(OH)–C–C–N with tert-alkyl or cyclic N) is 1. The molecule has 0 spiro atoms. The van der Waals surface area contributed by atoms with Gasteiger partial charge in [0.05, 0.1) is 18.4 Å². The minimum absolute atomic E-state index is 0.170. The number of rotatable bonds is 4. The summed E-state index contributed by atoms with van der Waals surface area (Å²) in [5.74, 6) is 1.39. The molecule has 1 unspecified atom stereocenters. The van der Waals surface area contributed by atoms with Gasteiger partial charge in [-0.3, -0.25) is 0 Å². The van der Waals surface area contributed by atoms with Gasteiger partial charge in [0.15, 0.2) is 0 Å². The smallest absolute Gasteiger partial charge is 0.322 e. The van der Waals surface area contributed by atoms with Crippen LogP contribution < -0.4 is 10.1 Å². The van der Waals surface area contributed by atoms with Crippen molar-refractivity contribution in [2.75, 3.05) is 25.0 Å². The number of para-hydroxylation sites is 2. The summed E-state index contributed by atoms with van der Waals surface area (Å²) < 4.78 is 5.79. The molecule has 0 radical (unpaired) electrons. The monoisotopic (exact) mass is 290 g/mol. The van der Waals surface area contributed by atoms with E-state index in [9.17, 15) is 9.90 Å². The summed E-state index contributed by atoms with van der Waals surface area (Å²) in [4.78, 5) is 13.9. The fourth-order valence-corrected chi connectivity index (χ4v) is 2.52. The summed E-state index contributed by atoms with van der Waals surface area (Å²) in [6.45, 7) is 1.81. The second-order valence-electron chi connectivity index (χ2n) is 5.92. The molecular weight excluding hydrogens is 268 g/mol. The van der Waals surface area contributed by atoms with Crippen LogP contribution in [0.25, 0.3) is 0 Å². The van der Waals surface area contributed by atoms with Crippen LogP contribution in [0.15, 0.2) is 24.3 Å². The third-order valence-corrected chi connectivity index (χ3v) is 3.98. The van der Waals surface area contributed by atoms with Crippen LogP contribution in [0.1, 0.15) is 25.7 Å². The number of anilines is 1. The van der Waals surface area contributed by atoms with Gasteiger partial charge >= 0.3 is 6.03 Å². The van der Waals surface area contributed by atoms with Gasteiger partial charge in [-0.15, -0.1) is 0 Å². The summed E-state index contributed by atoms with van der Waals surface area (Å²) in [5.41, 5.74) is 0.697. The van der Waals surface area contributed by atoms with Gasteiger partial charge in [-0.2, -0.15) is 0 Å². The zero-order valence-corrected chi connectivity index (χ0v) is 12.1. The molecule has 0 aromatic heterocycles. The van der Waals surface area contributed by atoms with E-state index in [1.165, 1.54) is 12.8 Å². The molecule has 1 aromatic rings. The minimum Gasteiger partial charge on any atom is -0.491 e. The molecule has 5 heteroatoms. The number of aliphatic hydroxyl groups is 1. The Kier molecular flexibility index (Phi) is 4.29. The summed E-state index contributed by atoms with van der Waals surface area (Å²) in [5, 5.41) is 12.6. The highest BCUT2D eigenvalue weighted by Crippen LogP contribution is 2.31. The van der Waals surface area contributed by atoms with Crippen LogP contribution in [0.3, 0.4) is 0 Å². The van der Waals surface area contributed by atoms with Gasteiger partial charge in [-0.05, 0) is 43.7 Å². The molecule has 1 aromatic carbocycles. The van der Waals surface area contributed by atoms with Crippen molar-refractivity contribution in [1.29, 1.82) is 0 Å². The number of amides is 2. The van der Waals surface area contributed by atoms with Crippen LogP contribution in [-0.2, 0) is 0 Å². The Morgan fingerprint density at radius 1 is 1.33 bits per heavy atom. The summed E-state index contributed by atoms with van der Waals surface area (Å²) >= 11 is 0. The molecule has 1 atom stereocenters. The van der Waals surface area contributed by atoms with Crippen molar-refractivity contribution in [3.63, 3.8) is 0 Å². The van der Waals surface area contributed by atoms with Gasteiger partial charge in [0, 0.05) is 13.1 Å². The highest BCUT2D eigenvalue weighted by Gasteiger charge is 2.24. The standard InChI is InChI=1S/C16H22N2O3/c19-13-4-3-9-18(10-13)16(20)17-14-5-1-2-6-15(14)21-11-12-7-8-12/h1-2,5-6,12-13,19H,3-4,7-11H2,(H,17,20). The number of carbonyl (C=O) groups is 1. The van der Waals surface area contributed by atoms with Gasteiger partial charge < -0.3 is 20.1 Å². The van der Waals surface area contributed by atoms with Crippen LogP contribution in [-0.4, -0.2) is 41.8 Å². The van der Waals surface area contributed by atoms with Crippen molar-refractivity contribution < 1.29 is 14.6 Å². The highest BCUT2D eigenvalue weighted by atomic mass is 16.5. The number of aliphatic hydroxyl groups excluding tert-OH is 1. The topological polar surface area (TPSA) is 61.8 Å². The number of carbonyl (C=O) groups excluding carboxylic acids is 1. The van der Waals surface area contributed by atoms with E-state index in [4.69, 9.17) is 4.74 Å². The van der Waals surface area contributed by atoms with Crippen LogP contribution in [0.4, 0.5) is 10.5 Å². The Balaban J connectivity index is 1.61. The Labute approximate surface area is 124 Å². The Morgan fingerprint density at radius 2 is 2.14 bits per heavy atom. The first-order valence-corrected chi connectivity index (χ1v) is 7.68. The van der Waals surface area contributed by atoms with Crippen molar-refractivity contribution >= 4 is 11.7 Å². The van der Waals surface area contributed by atoms with E-state index in [1.807, 2.05) is 24.3 Å². The lowest BCUT2D eigenvalue weighted by atomic mass is 10.1. The average Bonchev–Trinajstić information content (AvgIpc) is 3.30. The lowest BCUT2D eigenvalue weighted by Gasteiger charge is -2.30. The van der Waals surface area contributed by atoms with E-state index in [0.717, 1.165) is 25.2 Å². The van der Waals surface area contributed by atoms with Crippen LogP contribution >= 0.6 is 0 Å². The number of hydrogen-bond donors (Lipinski definition) is 2. The van der Waals surface area contributed by atoms with Crippen molar-refractivity contribution in [3.05, 3.63) is 24.3 Å². The molecule has 1 aliphatic heterocycles. The fraction of sp³-hybridized carbons (Fsp3) is 0.562. The third kappa shape index (κ3) is 3.88. The molecule has 1 saturated heterocycles. The maximum Gasteiger partial charge on any atom is 0.322 e. The number of hydrogen-bond acceptors (Lipinski definition) is 3. The van der Waals surface area contributed by atoms with E-state index >= 15 is 0 Å². The molecule has 1 aliphatic carbocycles. The second kappa shape index (κ2) is 6.35. The molecule has 21 heavy (non-hydrogen) atoms. The number of urea groups is 1. The predicted octanol–water partition coefficient (Wildman–Crippen LogP) is 2.46. The molecule has 2 amide bonds. The van der Waals surface area contributed by atoms with Crippen molar-refractivity contribution in [2.45, 2.75) is 31.8 Å². The molecule has 0 bridgehead atoms. The molecule has 5 nitrogen and oxygen atoms in total. The maximum atomic E-state index is 12.3. The van der Waals surface area contributed by atoms with Gasteiger partial charge in [-0.1, -0.05) is 12.1 Å². The molecule has 2 aliphatic rings. The zero-order valence-electron chi connectivity index (χ0n) is 12.1. The predicted molar refractivity (Wildman–Crippen MR) is 80.5 cm³/mol. The second-order valence-corrected chi connectivity index (χ2v) is 5.92. The molecule has 2 N–H and O–H groups in total. The molecule has 114 valence electrons. The Bertz CT molecular complexity index is 502. The molecule has 3 rings (SSSR count). The summed E-state index contributed by atoms with van der Waals surface area (Å²) in [7, 11) is 0. The van der Waals surface area contributed by atoms with E-state index < -0.39 is 6.10 Å². The number of likely N-dealkylation sites (tertiary alicyclic amines) is 1. The summed E-state index contributed by atoms with van der Waals surface area (Å²) in [6, 6.07) is 7.34. The van der Waals surface area contributed by atoms with Gasteiger partial charge in [0.2, 0.25) is 0 Å². The van der Waals surface area contributed by atoms with Crippen molar-refractivity contribution in [3.8, 4) is 5.75 Å². The quantitative estimate of drug-likeness (QED) is 0.895. The average molecular weight is 290 g/mol. The number of benzene rings is 1. The fourth-order valence-electron chi connectivity index (χ4n) is 2.52. The maximum absolute atomic E-state index is 12.3. The molecule has 1 saturated carbocycles. The molecule has 1 heterocycles. The minimum atomic E-state index is -0.411. The van der Waals surface area contributed by atoms with Crippen LogP contribution in [0, 0.1) is 5.92 Å². The van der Waals surface area contributed by atoms with Crippen molar-refractivity contribution in [1.82, 2.24) is 4.90 Å². The highest BCUT2D eigenvalue weighted by molar-refractivity contribution is 5.91. The largest absolute Gasteiger partial charge is 0.491 e.